The molecule has 0 aliphatic rings. The SMILES string of the molecule is CCCCCCCCCNC(C)C(=O)[O-].[Na+]. The first kappa shape index (κ1) is 18.8. The minimum Gasteiger partial charge on any atom is -0.548 e. The van der Waals surface area contributed by atoms with Crippen molar-refractivity contribution in [2.45, 2.75) is 64.8 Å². The average Bonchev–Trinajstić information content (AvgIpc) is 2.21. The van der Waals surface area contributed by atoms with Crippen LogP contribution in [0.15, 0.2) is 0 Å². The molecule has 0 rings (SSSR count). The predicted octanol–water partition coefficient (Wildman–Crippen LogP) is -1.53. The summed E-state index contributed by atoms with van der Waals surface area (Å²) in [4.78, 5) is 10.4. The number of carbonyl (C=O) groups is 1. The summed E-state index contributed by atoms with van der Waals surface area (Å²) >= 11 is 0. The molecular formula is C12H24NNaO2. The van der Waals surface area contributed by atoms with E-state index in [0.717, 1.165) is 13.0 Å². The normalized spacial score (nSPS) is 11.9. The molecule has 0 radical (unpaired) electrons. The van der Waals surface area contributed by atoms with E-state index in [0.29, 0.717) is 0 Å². The van der Waals surface area contributed by atoms with Gasteiger partial charge in [-0.2, -0.15) is 0 Å². The third-order valence-corrected chi connectivity index (χ3v) is 2.58. The molecule has 0 aliphatic heterocycles. The van der Waals surface area contributed by atoms with Crippen molar-refractivity contribution in [1.82, 2.24) is 5.32 Å². The monoisotopic (exact) mass is 237 g/mol. The summed E-state index contributed by atoms with van der Waals surface area (Å²) in [5.41, 5.74) is 0. The zero-order chi connectivity index (χ0) is 11.5. The van der Waals surface area contributed by atoms with Gasteiger partial charge in [-0.25, -0.2) is 0 Å². The molecule has 1 unspecified atom stereocenters. The van der Waals surface area contributed by atoms with E-state index in [1.165, 1.54) is 38.5 Å². The number of carboxylic acid groups (broad SMARTS) is 1. The number of hydrogen-bond donors (Lipinski definition) is 1. The topological polar surface area (TPSA) is 52.2 Å². The van der Waals surface area contributed by atoms with E-state index in [2.05, 4.69) is 12.2 Å². The summed E-state index contributed by atoms with van der Waals surface area (Å²) in [7, 11) is 0. The summed E-state index contributed by atoms with van der Waals surface area (Å²) in [5.74, 6) is -1.02. The van der Waals surface area contributed by atoms with Crippen LogP contribution in [-0.2, 0) is 4.79 Å². The molecule has 4 heteroatoms. The number of hydrogen-bond acceptors (Lipinski definition) is 3. The number of nitrogens with one attached hydrogen (secondary N) is 1. The quantitative estimate of drug-likeness (QED) is 0.370. The Balaban J connectivity index is 0. The Bertz CT molecular complexity index is 165. The van der Waals surface area contributed by atoms with Gasteiger partial charge in [0.1, 0.15) is 0 Å². The van der Waals surface area contributed by atoms with Crippen LogP contribution in [0.1, 0.15) is 58.8 Å². The van der Waals surface area contributed by atoms with Crippen LogP contribution in [0.4, 0.5) is 0 Å². The number of rotatable bonds is 10. The number of aliphatic carboxylic acids is 1. The van der Waals surface area contributed by atoms with Gasteiger partial charge in [-0.05, 0) is 19.9 Å². The molecule has 1 N–H and O–H groups in total. The van der Waals surface area contributed by atoms with Crippen molar-refractivity contribution in [2.24, 2.45) is 0 Å². The first-order valence-corrected chi connectivity index (χ1v) is 6.12. The summed E-state index contributed by atoms with van der Waals surface area (Å²) in [6.45, 7) is 4.62. The van der Waals surface area contributed by atoms with Gasteiger partial charge < -0.3 is 15.2 Å². The Morgan fingerprint density at radius 1 is 1.12 bits per heavy atom. The maximum Gasteiger partial charge on any atom is 1.00 e. The molecule has 0 aromatic rings. The van der Waals surface area contributed by atoms with E-state index in [1.54, 1.807) is 6.92 Å². The standard InChI is InChI=1S/C12H25NO2.Na/c1-3-4-5-6-7-8-9-10-13-11(2)12(14)15;/h11,13H,3-10H2,1-2H3,(H,14,15);/q;+1/p-1. The van der Waals surface area contributed by atoms with Crippen LogP contribution >= 0.6 is 0 Å². The maximum atomic E-state index is 10.4. The van der Waals surface area contributed by atoms with Gasteiger partial charge in [0.05, 0.1) is 5.97 Å². The van der Waals surface area contributed by atoms with E-state index in [4.69, 9.17) is 0 Å². The van der Waals surface area contributed by atoms with Crippen molar-refractivity contribution in [3.05, 3.63) is 0 Å². The molecule has 0 bridgehead atoms. The predicted molar refractivity (Wildman–Crippen MR) is 60.5 cm³/mol. The molecule has 0 saturated carbocycles. The van der Waals surface area contributed by atoms with E-state index < -0.39 is 12.0 Å². The molecule has 0 heterocycles. The average molecular weight is 237 g/mol. The zero-order valence-corrected chi connectivity index (χ0v) is 13.1. The van der Waals surface area contributed by atoms with Crippen LogP contribution in [0.5, 0.6) is 0 Å². The smallest absolute Gasteiger partial charge is 0.548 e. The molecule has 90 valence electrons. The van der Waals surface area contributed by atoms with Crippen molar-refractivity contribution in [1.29, 1.82) is 0 Å². The van der Waals surface area contributed by atoms with Crippen LogP contribution in [0.3, 0.4) is 0 Å². The van der Waals surface area contributed by atoms with Gasteiger partial charge >= 0.3 is 29.6 Å². The molecule has 0 fully saturated rings. The van der Waals surface area contributed by atoms with Gasteiger partial charge in [-0.1, -0.05) is 45.4 Å². The van der Waals surface area contributed by atoms with Crippen molar-refractivity contribution < 1.29 is 39.5 Å². The van der Waals surface area contributed by atoms with Gasteiger partial charge in [-0.3, -0.25) is 0 Å². The van der Waals surface area contributed by atoms with Crippen LogP contribution in [0.25, 0.3) is 0 Å². The summed E-state index contributed by atoms with van der Waals surface area (Å²) in [5, 5.41) is 13.3. The molecule has 0 amide bonds. The number of unbranched alkanes of at least 4 members (excludes halogenated alkanes) is 6. The van der Waals surface area contributed by atoms with Gasteiger partial charge in [0.25, 0.3) is 0 Å². The van der Waals surface area contributed by atoms with Crippen molar-refractivity contribution in [2.75, 3.05) is 6.54 Å². The number of carbonyl (C=O) groups excluding carboxylic acids is 1. The fourth-order valence-corrected chi connectivity index (χ4v) is 1.48. The van der Waals surface area contributed by atoms with E-state index in [9.17, 15) is 9.90 Å². The molecule has 0 aliphatic carbocycles. The Morgan fingerprint density at radius 3 is 2.12 bits per heavy atom. The summed E-state index contributed by atoms with van der Waals surface area (Å²) in [6, 6.07) is -0.523. The van der Waals surface area contributed by atoms with E-state index in [1.807, 2.05) is 0 Å². The van der Waals surface area contributed by atoms with Crippen molar-refractivity contribution in [3.63, 3.8) is 0 Å². The molecule has 0 spiro atoms. The fraction of sp³-hybridized carbons (Fsp3) is 0.917. The summed E-state index contributed by atoms with van der Waals surface area (Å²) in [6.07, 6.45) is 8.77. The molecule has 0 aromatic carbocycles. The molecule has 1 atom stereocenters. The maximum absolute atomic E-state index is 10.4. The molecule has 16 heavy (non-hydrogen) atoms. The van der Waals surface area contributed by atoms with Crippen LogP contribution in [-0.4, -0.2) is 18.6 Å². The Kier molecular flexibility index (Phi) is 15.8. The van der Waals surface area contributed by atoms with Gasteiger partial charge in [0, 0.05) is 6.04 Å². The zero-order valence-electron chi connectivity index (χ0n) is 11.1. The van der Waals surface area contributed by atoms with Crippen LogP contribution in [0.2, 0.25) is 0 Å². The first-order chi connectivity index (χ1) is 7.18. The Hall–Kier alpha value is 0.430. The summed E-state index contributed by atoms with van der Waals surface area (Å²) < 4.78 is 0. The second kappa shape index (κ2) is 13.5. The largest absolute Gasteiger partial charge is 1.00 e. The Morgan fingerprint density at radius 2 is 1.62 bits per heavy atom. The van der Waals surface area contributed by atoms with Crippen LogP contribution < -0.4 is 40.0 Å². The molecule has 3 nitrogen and oxygen atoms in total. The molecule has 0 aromatic heterocycles. The van der Waals surface area contributed by atoms with Gasteiger partial charge in [0.2, 0.25) is 0 Å². The third-order valence-electron chi connectivity index (χ3n) is 2.58. The fourth-order valence-electron chi connectivity index (χ4n) is 1.48. The van der Waals surface area contributed by atoms with Crippen molar-refractivity contribution >= 4 is 5.97 Å². The number of carboxylic acids is 1. The first-order valence-electron chi connectivity index (χ1n) is 6.12. The second-order valence-electron chi connectivity index (χ2n) is 4.12. The van der Waals surface area contributed by atoms with Crippen molar-refractivity contribution in [3.8, 4) is 0 Å². The van der Waals surface area contributed by atoms with Gasteiger partial charge in [-0.15, -0.1) is 0 Å². The van der Waals surface area contributed by atoms with Crippen LogP contribution in [0, 0.1) is 0 Å². The van der Waals surface area contributed by atoms with Gasteiger partial charge in [0.15, 0.2) is 0 Å². The minimum absolute atomic E-state index is 0. The third kappa shape index (κ3) is 12.5. The molecule has 0 saturated heterocycles. The van der Waals surface area contributed by atoms with E-state index in [-0.39, 0.29) is 29.6 Å². The second-order valence-corrected chi connectivity index (χ2v) is 4.12. The minimum atomic E-state index is -1.02. The van der Waals surface area contributed by atoms with E-state index >= 15 is 0 Å². The Labute approximate surface area is 122 Å². The molecular weight excluding hydrogens is 213 g/mol.